The summed E-state index contributed by atoms with van der Waals surface area (Å²) in [6.07, 6.45) is 1.58. The van der Waals surface area contributed by atoms with E-state index in [4.69, 9.17) is 0 Å². The van der Waals surface area contributed by atoms with Crippen LogP contribution >= 0.6 is 0 Å². The standard InChI is InChI=1S/C52H42O2/c1-5-31-26-39(40(6-2)42-22-18-37-16-14-33-10-8-12-35-20-24-44(42)50(37)48(33)35)28-46(52(31)54)45-27-38(25-29(3)51(45)53)30(4)41-21-17-36-15-13-32-9-7-11-34-19-23-43(41)49(36)47(32)34/h7-28,30,40,53-54H,5-6H2,1-4H3. The van der Waals surface area contributed by atoms with Crippen molar-refractivity contribution in [2.45, 2.75) is 52.4 Å². The number of hydrogen-bond acceptors (Lipinski definition) is 2. The molecule has 2 unspecified atom stereocenters. The molecule has 2 N–H and O–H groups in total. The fourth-order valence-electron chi connectivity index (χ4n) is 9.67. The first-order valence-corrected chi connectivity index (χ1v) is 19.4. The topological polar surface area (TPSA) is 40.5 Å². The van der Waals surface area contributed by atoms with Crippen LogP contribution in [-0.4, -0.2) is 10.2 Å². The molecule has 0 amide bonds. The van der Waals surface area contributed by atoms with Crippen molar-refractivity contribution in [2.75, 3.05) is 0 Å². The quantitative estimate of drug-likeness (QED) is 0.163. The minimum absolute atomic E-state index is 0.0455. The third-order valence-corrected chi connectivity index (χ3v) is 12.5. The summed E-state index contributed by atoms with van der Waals surface area (Å²) in [5, 5.41) is 39.0. The van der Waals surface area contributed by atoms with E-state index in [1.165, 1.54) is 75.8 Å². The van der Waals surface area contributed by atoms with Gasteiger partial charge < -0.3 is 10.2 Å². The Kier molecular flexibility index (Phi) is 7.36. The average molecular weight is 699 g/mol. The molecule has 0 fully saturated rings. The monoisotopic (exact) mass is 698 g/mol. The van der Waals surface area contributed by atoms with Gasteiger partial charge in [-0.2, -0.15) is 0 Å². The lowest BCUT2D eigenvalue weighted by Gasteiger charge is -2.24. The Bertz CT molecular complexity index is 3050. The molecule has 0 radical (unpaired) electrons. The van der Waals surface area contributed by atoms with E-state index in [1.807, 2.05) is 6.92 Å². The van der Waals surface area contributed by atoms with Crippen molar-refractivity contribution in [3.63, 3.8) is 0 Å². The molecule has 10 aromatic carbocycles. The number of phenolic OH excluding ortho intramolecular Hbond substituents is 2. The Balaban J connectivity index is 1.13. The highest BCUT2D eigenvalue weighted by Gasteiger charge is 2.24. The van der Waals surface area contributed by atoms with Gasteiger partial charge in [0.25, 0.3) is 0 Å². The molecule has 10 rings (SSSR count). The fourth-order valence-corrected chi connectivity index (χ4v) is 9.67. The normalized spacial score (nSPS) is 13.3. The van der Waals surface area contributed by atoms with Gasteiger partial charge in [0, 0.05) is 23.0 Å². The van der Waals surface area contributed by atoms with Gasteiger partial charge in [0.1, 0.15) is 11.5 Å². The highest BCUT2D eigenvalue weighted by molar-refractivity contribution is 6.24. The van der Waals surface area contributed by atoms with E-state index >= 15 is 0 Å². The molecule has 54 heavy (non-hydrogen) atoms. The van der Waals surface area contributed by atoms with Gasteiger partial charge in [0.05, 0.1) is 0 Å². The predicted octanol–water partition coefficient (Wildman–Crippen LogP) is 14.1. The summed E-state index contributed by atoms with van der Waals surface area (Å²) in [7, 11) is 0. The van der Waals surface area contributed by atoms with Gasteiger partial charge in [-0.1, -0.05) is 142 Å². The second-order valence-electron chi connectivity index (χ2n) is 15.4. The van der Waals surface area contributed by atoms with Crippen LogP contribution in [0.4, 0.5) is 0 Å². The van der Waals surface area contributed by atoms with Crippen molar-refractivity contribution in [1.29, 1.82) is 0 Å². The molecule has 2 atom stereocenters. The molecular formula is C52H42O2. The zero-order valence-electron chi connectivity index (χ0n) is 31.2. The van der Waals surface area contributed by atoms with Crippen LogP contribution < -0.4 is 0 Å². The van der Waals surface area contributed by atoms with Crippen molar-refractivity contribution in [2.24, 2.45) is 0 Å². The molecule has 10 aromatic rings. The molecule has 0 saturated carbocycles. The number of benzene rings is 10. The van der Waals surface area contributed by atoms with Crippen molar-refractivity contribution >= 4 is 64.6 Å². The van der Waals surface area contributed by atoms with Gasteiger partial charge in [0.2, 0.25) is 0 Å². The zero-order chi connectivity index (χ0) is 36.8. The summed E-state index contributed by atoms with van der Waals surface area (Å²) >= 11 is 0. The molecule has 262 valence electrons. The first-order chi connectivity index (χ1) is 26.3. The minimum Gasteiger partial charge on any atom is -0.507 e. The van der Waals surface area contributed by atoms with E-state index in [0.717, 1.165) is 28.7 Å². The van der Waals surface area contributed by atoms with Crippen LogP contribution in [0.5, 0.6) is 11.5 Å². The van der Waals surface area contributed by atoms with Gasteiger partial charge in [-0.25, -0.2) is 0 Å². The lowest BCUT2D eigenvalue weighted by molar-refractivity contribution is 0.463. The molecule has 0 saturated heterocycles. The third kappa shape index (κ3) is 4.72. The van der Waals surface area contributed by atoms with Crippen LogP contribution in [0.25, 0.3) is 75.8 Å². The second-order valence-corrected chi connectivity index (χ2v) is 15.4. The number of hydrogen-bond donors (Lipinski definition) is 2. The fraction of sp³-hybridized carbons (Fsp3) is 0.154. The van der Waals surface area contributed by atoms with Crippen LogP contribution in [0.2, 0.25) is 0 Å². The molecule has 0 aliphatic carbocycles. The van der Waals surface area contributed by atoms with E-state index in [0.29, 0.717) is 17.5 Å². The molecule has 2 heteroatoms. The number of aromatic hydroxyl groups is 2. The van der Waals surface area contributed by atoms with Gasteiger partial charge in [-0.15, -0.1) is 0 Å². The molecule has 0 aliphatic heterocycles. The van der Waals surface area contributed by atoms with E-state index in [1.54, 1.807) is 0 Å². The second kappa shape index (κ2) is 12.2. The van der Waals surface area contributed by atoms with E-state index < -0.39 is 0 Å². The van der Waals surface area contributed by atoms with Crippen LogP contribution in [-0.2, 0) is 6.42 Å². The zero-order valence-corrected chi connectivity index (χ0v) is 31.2. The van der Waals surface area contributed by atoms with Crippen LogP contribution in [0.3, 0.4) is 0 Å². The first kappa shape index (κ1) is 32.5. The molecule has 0 heterocycles. The largest absolute Gasteiger partial charge is 0.507 e. The van der Waals surface area contributed by atoms with Crippen molar-refractivity contribution < 1.29 is 10.2 Å². The SMILES string of the molecule is CCc1cc(C(CC)c2ccc3ccc4cccc5ccc2c3c45)cc(-c2cc(C(C)c3ccc4ccc5cccc6ccc3c4c56)cc(C)c2O)c1O. The Morgan fingerprint density at radius 2 is 0.944 bits per heavy atom. The summed E-state index contributed by atoms with van der Waals surface area (Å²) in [4.78, 5) is 0. The molecule has 0 aliphatic rings. The summed E-state index contributed by atoms with van der Waals surface area (Å²) in [6, 6.07) is 48.7. The Labute approximate surface area is 315 Å². The highest BCUT2D eigenvalue weighted by Crippen LogP contribution is 2.47. The maximum absolute atomic E-state index is 11.9. The van der Waals surface area contributed by atoms with E-state index in [9.17, 15) is 10.2 Å². The van der Waals surface area contributed by atoms with Crippen LogP contribution in [0.15, 0.2) is 133 Å². The lowest BCUT2D eigenvalue weighted by atomic mass is 9.81. The smallest absolute Gasteiger partial charge is 0.126 e. The summed E-state index contributed by atoms with van der Waals surface area (Å²) in [6.45, 7) is 8.58. The van der Waals surface area contributed by atoms with Gasteiger partial charge in [0.15, 0.2) is 0 Å². The number of phenols is 2. The van der Waals surface area contributed by atoms with Gasteiger partial charge >= 0.3 is 0 Å². The number of rotatable bonds is 7. The minimum atomic E-state index is 0.0455. The third-order valence-electron chi connectivity index (χ3n) is 12.5. The predicted molar refractivity (Wildman–Crippen MR) is 229 cm³/mol. The van der Waals surface area contributed by atoms with Crippen LogP contribution in [0, 0.1) is 6.92 Å². The van der Waals surface area contributed by atoms with Gasteiger partial charge in [-0.3, -0.25) is 0 Å². The Morgan fingerprint density at radius 3 is 1.50 bits per heavy atom. The van der Waals surface area contributed by atoms with Crippen molar-refractivity contribution in [3.05, 3.63) is 167 Å². The van der Waals surface area contributed by atoms with Crippen molar-refractivity contribution in [3.8, 4) is 22.6 Å². The van der Waals surface area contributed by atoms with Gasteiger partial charge in [-0.05, 0) is 130 Å². The first-order valence-electron chi connectivity index (χ1n) is 19.4. The van der Waals surface area contributed by atoms with E-state index in [2.05, 4.69) is 154 Å². The van der Waals surface area contributed by atoms with Crippen molar-refractivity contribution in [1.82, 2.24) is 0 Å². The average Bonchev–Trinajstić information content (AvgIpc) is 3.21. The number of aryl methyl sites for hydroxylation is 2. The molecule has 0 bridgehead atoms. The maximum atomic E-state index is 11.9. The maximum Gasteiger partial charge on any atom is 0.126 e. The summed E-state index contributed by atoms with van der Waals surface area (Å²) in [5.41, 5.74) is 7.85. The molecular weight excluding hydrogens is 657 g/mol. The Hall–Kier alpha value is -6.12. The Morgan fingerprint density at radius 1 is 0.481 bits per heavy atom. The van der Waals surface area contributed by atoms with Crippen LogP contribution in [0.1, 0.15) is 72.4 Å². The lowest BCUT2D eigenvalue weighted by Crippen LogP contribution is -2.04. The molecule has 0 spiro atoms. The highest BCUT2D eigenvalue weighted by atomic mass is 16.3. The molecule has 2 nitrogen and oxygen atoms in total. The molecule has 0 aromatic heterocycles. The summed E-state index contributed by atoms with van der Waals surface area (Å²) < 4.78 is 0. The van der Waals surface area contributed by atoms with E-state index in [-0.39, 0.29) is 23.3 Å². The summed E-state index contributed by atoms with van der Waals surface area (Å²) in [5.74, 6) is 0.603.